The van der Waals surface area contributed by atoms with Gasteiger partial charge in [-0.05, 0) is 46.4 Å². The maximum atomic E-state index is 12.5. The minimum Gasteiger partial charge on any atom is -0.321 e. The molecule has 2 aromatic rings. The van der Waals surface area contributed by atoms with Crippen LogP contribution >= 0.6 is 34.2 Å². The van der Waals surface area contributed by atoms with Gasteiger partial charge in [0, 0.05) is 15.7 Å². The fourth-order valence-electron chi connectivity index (χ4n) is 1.90. The second kappa shape index (κ2) is 7.43. The van der Waals surface area contributed by atoms with E-state index in [0.717, 1.165) is 9.13 Å². The lowest BCUT2D eigenvalue weighted by Gasteiger charge is -2.20. The van der Waals surface area contributed by atoms with Gasteiger partial charge in [-0.25, -0.2) is 0 Å². The van der Waals surface area contributed by atoms with Gasteiger partial charge in [-0.1, -0.05) is 41.9 Å². The topological polar surface area (TPSA) is 44.1 Å². The Morgan fingerprint density at radius 3 is 2.57 bits per heavy atom. The van der Waals surface area contributed by atoms with Crippen LogP contribution in [0.2, 0.25) is 5.02 Å². The smallest absolute Gasteiger partial charge is 0.255 e. The molecule has 21 heavy (non-hydrogen) atoms. The third-order valence-corrected chi connectivity index (χ3v) is 4.50. The molecular weight excluding hydrogens is 399 g/mol. The zero-order valence-corrected chi connectivity index (χ0v) is 14.0. The van der Waals surface area contributed by atoms with Crippen LogP contribution in [0.1, 0.15) is 15.9 Å². The zero-order chi connectivity index (χ0) is 15.2. The first-order valence-electron chi connectivity index (χ1n) is 6.27. The van der Waals surface area contributed by atoms with E-state index in [1.54, 1.807) is 18.2 Å². The lowest BCUT2D eigenvalue weighted by molar-refractivity contribution is 0.0765. The summed E-state index contributed by atoms with van der Waals surface area (Å²) < 4.78 is 0.890. The summed E-state index contributed by atoms with van der Waals surface area (Å²) in [6, 6.07) is 16.8. The normalized spacial score (nSPS) is 9.95. The average Bonchev–Trinajstić information content (AvgIpc) is 2.50. The molecule has 0 aliphatic heterocycles. The highest BCUT2D eigenvalue weighted by molar-refractivity contribution is 14.1. The summed E-state index contributed by atoms with van der Waals surface area (Å²) in [5, 5.41) is 9.48. The van der Waals surface area contributed by atoms with E-state index in [1.165, 1.54) is 4.90 Å². The third-order valence-electron chi connectivity index (χ3n) is 2.93. The van der Waals surface area contributed by atoms with Gasteiger partial charge in [0.15, 0.2) is 0 Å². The number of nitrogens with zero attached hydrogens (tertiary/aromatic N) is 2. The lowest BCUT2D eigenvalue weighted by atomic mass is 10.1. The highest BCUT2D eigenvalue weighted by Crippen LogP contribution is 2.21. The fraction of sp³-hybridized carbons (Fsp3) is 0.125. The van der Waals surface area contributed by atoms with E-state index < -0.39 is 0 Å². The van der Waals surface area contributed by atoms with Crippen molar-refractivity contribution in [2.75, 3.05) is 6.54 Å². The van der Waals surface area contributed by atoms with Crippen molar-refractivity contribution in [1.29, 1.82) is 5.26 Å². The van der Waals surface area contributed by atoms with Crippen LogP contribution in [0.25, 0.3) is 0 Å². The number of carbonyl (C=O) groups is 1. The molecule has 3 nitrogen and oxygen atoms in total. The molecule has 2 rings (SSSR count). The largest absolute Gasteiger partial charge is 0.321 e. The van der Waals surface area contributed by atoms with Crippen LogP contribution < -0.4 is 0 Å². The first kappa shape index (κ1) is 15.8. The van der Waals surface area contributed by atoms with Gasteiger partial charge in [-0.3, -0.25) is 4.79 Å². The van der Waals surface area contributed by atoms with Crippen LogP contribution in [-0.4, -0.2) is 17.4 Å². The Labute approximate surface area is 142 Å². The number of amides is 1. The number of benzene rings is 2. The molecule has 0 bridgehead atoms. The van der Waals surface area contributed by atoms with E-state index in [9.17, 15) is 4.79 Å². The van der Waals surface area contributed by atoms with Crippen LogP contribution in [0.5, 0.6) is 0 Å². The minimum absolute atomic E-state index is 0.0390. The van der Waals surface area contributed by atoms with E-state index in [0.29, 0.717) is 17.1 Å². The van der Waals surface area contributed by atoms with Crippen LogP contribution in [0.4, 0.5) is 0 Å². The summed E-state index contributed by atoms with van der Waals surface area (Å²) in [5.74, 6) is -0.196. The molecule has 0 aliphatic carbocycles. The number of hydrogen-bond donors (Lipinski definition) is 0. The summed E-state index contributed by atoms with van der Waals surface area (Å²) >= 11 is 8.16. The Bertz CT molecular complexity index is 682. The highest BCUT2D eigenvalue weighted by atomic mass is 127. The molecule has 0 atom stereocenters. The molecule has 0 aliphatic rings. The van der Waals surface area contributed by atoms with Crippen LogP contribution in [-0.2, 0) is 6.54 Å². The molecule has 0 heterocycles. The van der Waals surface area contributed by atoms with E-state index in [4.69, 9.17) is 16.9 Å². The zero-order valence-electron chi connectivity index (χ0n) is 11.1. The molecule has 2 aromatic carbocycles. The molecule has 0 unspecified atom stereocenters. The van der Waals surface area contributed by atoms with Crippen molar-refractivity contribution in [3.8, 4) is 6.07 Å². The monoisotopic (exact) mass is 410 g/mol. The second-order valence-corrected chi connectivity index (χ2v) is 6.00. The predicted molar refractivity (Wildman–Crippen MR) is 91.0 cm³/mol. The van der Waals surface area contributed by atoms with E-state index in [1.807, 2.05) is 36.4 Å². The fourth-order valence-corrected chi connectivity index (χ4v) is 2.42. The highest BCUT2D eigenvalue weighted by Gasteiger charge is 2.16. The predicted octanol–water partition coefficient (Wildman–Crippen LogP) is 4.11. The van der Waals surface area contributed by atoms with Gasteiger partial charge >= 0.3 is 0 Å². The van der Waals surface area contributed by atoms with E-state index in [2.05, 4.69) is 22.6 Å². The van der Waals surface area contributed by atoms with Gasteiger partial charge < -0.3 is 4.90 Å². The minimum atomic E-state index is -0.196. The van der Waals surface area contributed by atoms with Crippen molar-refractivity contribution < 1.29 is 4.79 Å². The molecule has 0 N–H and O–H groups in total. The van der Waals surface area contributed by atoms with Crippen LogP contribution in [0, 0.1) is 14.9 Å². The number of nitriles is 1. The van der Waals surface area contributed by atoms with Crippen molar-refractivity contribution in [3.63, 3.8) is 0 Å². The van der Waals surface area contributed by atoms with Crippen LogP contribution in [0.15, 0.2) is 48.5 Å². The molecule has 0 aromatic heterocycles. The quantitative estimate of drug-likeness (QED) is 0.562. The van der Waals surface area contributed by atoms with Crippen molar-refractivity contribution >= 4 is 40.1 Å². The maximum Gasteiger partial charge on any atom is 0.255 e. The van der Waals surface area contributed by atoms with E-state index in [-0.39, 0.29) is 12.5 Å². The average molecular weight is 411 g/mol. The number of carbonyl (C=O) groups excluding carboxylic acids is 1. The van der Waals surface area contributed by atoms with Gasteiger partial charge in [0.2, 0.25) is 0 Å². The number of rotatable bonds is 4. The molecule has 0 spiro atoms. The first-order valence-corrected chi connectivity index (χ1v) is 7.72. The standard InChI is InChI=1S/C16H12ClIN2O/c17-14-10-13(6-7-15(14)18)16(21)20(9-8-19)11-12-4-2-1-3-5-12/h1-7,10H,9,11H2. The summed E-state index contributed by atoms with van der Waals surface area (Å²) in [6.45, 7) is 0.439. The molecule has 0 saturated carbocycles. The van der Waals surface area contributed by atoms with Crippen molar-refractivity contribution in [2.45, 2.75) is 6.54 Å². The third kappa shape index (κ3) is 4.19. The van der Waals surface area contributed by atoms with Gasteiger partial charge in [0.25, 0.3) is 5.91 Å². The molecule has 0 saturated heterocycles. The number of halogens is 2. The summed E-state index contributed by atoms with van der Waals surface area (Å²) in [6.07, 6.45) is 0. The molecule has 0 radical (unpaired) electrons. The maximum absolute atomic E-state index is 12.5. The van der Waals surface area contributed by atoms with Gasteiger partial charge in [-0.2, -0.15) is 5.26 Å². The Kier molecular flexibility index (Phi) is 5.59. The van der Waals surface area contributed by atoms with Gasteiger partial charge in [0.1, 0.15) is 6.54 Å². The molecule has 1 amide bonds. The van der Waals surface area contributed by atoms with Crippen molar-refractivity contribution in [2.24, 2.45) is 0 Å². The summed E-state index contributed by atoms with van der Waals surface area (Å²) in [4.78, 5) is 14.0. The molecule has 106 valence electrons. The Balaban J connectivity index is 2.23. The Morgan fingerprint density at radius 1 is 1.24 bits per heavy atom. The lowest BCUT2D eigenvalue weighted by Crippen LogP contribution is -2.31. The van der Waals surface area contributed by atoms with Crippen molar-refractivity contribution in [1.82, 2.24) is 4.90 Å². The van der Waals surface area contributed by atoms with Gasteiger partial charge in [0.05, 0.1) is 11.1 Å². The molecular formula is C16H12ClIN2O. The van der Waals surface area contributed by atoms with Gasteiger partial charge in [-0.15, -0.1) is 0 Å². The van der Waals surface area contributed by atoms with Crippen LogP contribution in [0.3, 0.4) is 0 Å². The first-order chi connectivity index (χ1) is 10.1. The molecule has 5 heteroatoms. The summed E-state index contributed by atoms with van der Waals surface area (Å²) in [7, 11) is 0. The Morgan fingerprint density at radius 2 is 1.95 bits per heavy atom. The SMILES string of the molecule is N#CCN(Cc1ccccc1)C(=O)c1ccc(I)c(Cl)c1. The summed E-state index contributed by atoms with van der Waals surface area (Å²) in [5.41, 5.74) is 1.48. The molecule has 0 fully saturated rings. The van der Waals surface area contributed by atoms with Crippen molar-refractivity contribution in [3.05, 3.63) is 68.3 Å². The Hall–Kier alpha value is -1.58. The van der Waals surface area contributed by atoms with E-state index >= 15 is 0 Å². The second-order valence-electron chi connectivity index (χ2n) is 4.43. The number of hydrogen-bond acceptors (Lipinski definition) is 2.